The molecular weight excluding hydrogens is 456 g/mol. The second-order valence-corrected chi connectivity index (χ2v) is 8.93. The third-order valence-electron chi connectivity index (χ3n) is 6.41. The van der Waals surface area contributed by atoms with Crippen LogP contribution in [-0.2, 0) is 17.9 Å². The summed E-state index contributed by atoms with van der Waals surface area (Å²) in [6.07, 6.45) is 0. The average molecular weight is 484 g/mol. The van der Waals surface area contributed by atoms with Crippen molar-refractivity contribution in [1.29, 1.82) is 0 Å². The highest BCUT2D eigenvalue weighted by atomic mass is 16.4. The van der Waals surface area contributed by atoms with Crippen LogP contribution in [0.1, 0.15) is 22.7 Å². The molecule has 1 unspecified atom stereocenters. The molecule has 5 rings (SSSR count). The van der Waals surface area contributed by atoms with E-state index in [4.69, 9.17) is 0 Å². The van der Waals surface area contributed by atoms with Gasteiger partial charge in [-0.05, 0) is 34.0 Å². The number of tetrazole rings is 1. The van der Waals surface area contributed by atoms with E-state index >= 15 is 0 Å². The van der Waals surface area contributed by atoms with Gasteiger partial charge in [0.05, 0.1) is 12.0 Å². The number of hydrogen-bond acceptors (Lipinski definition) is 8. The van der Waals surface area contributed by atoms with Crippen LogP contribution in [0.2, 0.25) is 0 Å². The number of aromatic hydroxyl groups is 1. The smallest absolute Gasteiger partial charge is 0.204 e. The molecule has 0 spiro atoms. The Morgan fingerprint density at radius 1 is 0.917 bits per heavy atom. The number of carbonyl (C=O) groups excluding carboxylic acids is 1. The molecule has 0 amide bonds. The number of phenolic OH excluding ortho intramolecular Hbond substituents is 1. The summed E-state index contributed by atoms with van der Waals surface area (Å²) in [4.78, 5) is 16.7. The number of hydrogen-bond donors (Lipinski definition) is 1. The second kappa shape index (κ2) is 10.7. The lowest BCUT2D eigenvalue weighted by Gasteiger charge is -2.40. The highest BCUT2D eigenvalue weighted by molar-refractivity contribution is 5.63. The van der Waals surface area contributed by atoms with E-state index in [9.17, 15) is 15.0 Å². The summed E-state index contributed by atoms with van der Waals surface area (Å²) in [5, 5.41) is 32.8. The quantitative estimate of drug-likeness (QED) is 0.403. The van der Waals surface area contributed by atoms with Crippen LogP contribution < -0.4 is 5.11 Å². The number of phenols is 1. The molecule has 9 nitrogen and oxygen atoms in total. The van der Waals surface area contributed by atoms with Gasteiger partial charge in [-0.2, -0.15) is 4.80 Å². The van der Waals surface area contributed by atoms with Gasteiger partial charge in [0.15, 0.2) is 0 Å². The summed E-state index contributed by atoms with van der Waals surface area (Å²) in [6.45, 7) is 4.19. The molecule has 1 atom stereocenters. The highest BCUT2D eigenvalue weighted by Gasteiger charge is 2.27. The SMILES string of the molecule is O=C([O-])Cn1nnc(-c2ccc(C(c3cccc(O)c3)N3CCN(Cc4ccccc4)CC3)cc2)n1. The lowest BCUT2D eigenvalue weighted by Crippen LogP contribution is -2.47. The fourth-order valence-electron chi connectivity index (χ4n) is 4.69. The molecule has 1 aliphatic heterocycles. The van der Waals surface area contributed by atoms with Crippen LogP contribution in [0.4, 0.5) is 0 Å². The molecule has 36 heavy (non-hydrogen) atoms. The van der Waals surface area contributed by atoms with Crippen LogP contribution in [0.3, 0.4) is 0 Å². The van der Waals surface area contributed by atoms with Crippen molar-refractivity contribution in [3.8, 4) is 17.1 Å². The topological polar surface area (TPSA) is 110 Å². The number of nitrogens with zero attached hydrogens (tertiary/aromatic N) is 6. The van der Waals surface area contributed by atoms with E-state index in [-0.39, 0.29) is 11.8 Å². The monoisotopic (exact) mass is 483 g/mol. The number of carbonyl (C=O) groups is 1. The zero-order valence-corrected chi connectivity index (χ0v) is 19.8. The predicted molar refractivity (Wildman–Crippen MR) is 132 cm³/mol. The van der Waals surface area contributed by atoms with Crippen molar-refractivity contribution >= 4 is 5.97 Å². The van der Waals surface area contributed by atoms with E-state index < -0.39 is 12.5 Å². The molecule has 0 aliphatic carbocycles. The van der Waals surface area contributed by atoms with Crippen molar-refractivity contribution in [3.05, 3.63) is 95.6 Å². The van der Waals surface area contributed by atoms with Crippen LogP contribution in [0.15, 0.2) is 78.9 Å². The van der Waals surface area contributed by atoms with E-state index in [1.807, 2.05) is 48.5 Å². The molecule has 184 valence electrons. The first kappa shape index (κ1) is 23.7. The van der Waals surface area contributed by atoms with Crippen LogP contribution in [0.25, 0.3) is 11.4 Å². The fourth-order valence-corrected chi connectivity index (χ4v) is 4.69. The third-order valence-corrected chi connectivity index (χ3v) is 6.41. The van der Waals surface area contributed by atoms with Crippen molar-refractivity contribution < 1.29 is 15.0 Å². The molecule has 3 aromatic carbocycles. The number of benzene rings is 3. The number of carboxylic acid groups (broad SMARTS) is 1. The van der Waals surface area contributed by atoms with Gasteiger partial charge in [-0.25, -0.2) is 0 Å². The first-order valence-corrected chi connectivity index (χ1v) is 11.9. The van der Waals surface area contributed by atoms with Crippen LogP contribution in [0, 0.1) is 0 Å². The molecule has 1 fully saturated rings. The maximum Gasteiger partial charge on any atom is 0.204 e. The van der Waals surface area contributed by atoms with Crippen molar-refractivity contribution in [2.75, 3.05) is 26.2 Å². The summed E-state index contributed by atoms with van der Waals surface area (Å²) in [6, 6.07) is 25.8. The summed E-state index contributed by atoms with van der Waals surface area (Å²) in [5.74, 6) is -0.677. The Balaban J connectivity index is 1.35. The second-order valence-electron chi connectivity index (χ2n) is 8.93. The normalized spacial score (nSPS) is 15.6. The molecular formula is C27H27N6O3-. The van der Waals surface area contributed by atoms with Crippen molar-refractivity contribution in [2.24, 2.45) is 0 Å². The lowest BCUT2D eigenvalue weighted by molar-refractivity contribution is -0.307. The van der Waals surface area contributed by atoms with Gasteiger partial charge in [0.25, 0.3) is 0 Å². The van der Waals surface area contributed by atoms with Crippen molar-refractivity contribution in [3.63, 3.8) is 0 Å². The van der Waals surface area contributed by atoms with Crippen LogP contribution in [0.5, 0.6) is 5.75 Å². The minimum absolute atomic E-state index is 0.0215. The molecule has 0 radical (unpaired) electrons. The van der Waals surface area contributed by atoms with Crippen LogP contribution >= 0.6 is 0 Å². The van der Waals surface area contributed by atoms with Crippen LogP contribution in [-0.4, -0.2) is 67.3 Å². The Bertz CT molecular complexity index is 1300. The van der Waals surface area contributed by atoms with Gasteiger partial charge in [-0.1, -0.05) is 66.7 Å². The average Bonchev–Trinajstić information content (AvgIpc) is 3.34. The largest absolute Gasteiger partial charge is 0.548 e. The summed E-state index contributed by atoms with van der Waals surface area (Å²) >= 11 is 0. The van der Waals surface area contributed by atoms with E-state index in [1.54, 1.807) is 6.07 Å². The molecule has 2 heterocycles. The maximum absolute atomic E-state index is 10.8. The summed E-state index contributed by atoms with van der Waals surface area (Å²) in [7, 11) is 0. The minimum atomic E-state index is -1.27. The van der Waals surface area contributed by atoms with Gasteiger partial charge in [0.2, 0.25) is 5.82 Å². The van der Waals surface area contributed by atoms with Gasteiger partial charge in [0.1, 0.15) is 12.3 Å². The minimum Gasteiger partial charge on any atom is -0.548 e. The van der Waals surface area contributed by atoms with E-state index in [0.29, 0.717) is 5.82 Å². The van der Waals surface area contributed by atoms with E-state index in [0.717, 1.165) is 54.2 Å². The number of aromatic nitrogens is 4. The zero-order chi connectivity index (χ0) is 24.9. The molecule has 1 saturated heterocycles. The van der Waals surface area contributed by atoms with E-state index in [1.165, 1.54) is 5.56 Å². The lowest BCUT2D eigenvalue weighted by atomic mass is 9.95. The molecule has 9 heteroatoms. The van der Waals surface area contributed by atoms with Gasteiger partial charge >= 0.3 is 0 Å². The molecule has 1 aromatic heterocycles. The third kappa shape index (κ3) is 5.59. The number of aliphatic carboxylic acids is 1. The van der Waals surface area contributed by atoms with Gasteiger partial charge in [-0.15, -0.1) is 10.2 Å². The Morgan fingerprint density at radius 3 is 2.36 bits per heavy atom. The molecule has 4 aromatic rings. The number of piperazine rings is 1. The standard InChI is InChI=1S/C27H28N6O3/c34-24-8-4-7-23(17-24)26(32-15-13-31(14-16-32)18-20-5-2-1-3-6-20)21-9-11-22(12-10-21)27-28-30-33(29-27)19-25(35)36/h1-12,17,26,34H,13-16,18-19H2,(H,35,36)/p-1. The van der Waals surface area contributed by atoms with Crippen molar-refractivity contribution in [1.82, 2.24) is 30.0 Å². The molecule has 0 bridgehead atoms. The first-order valence-electron chi connectivity index (χ1n) is 11.9. The predicted octanol–water partition coefficient (Wildman–Crippen LogP) is 1.70. The number of rotatable bonds is 8. The molecule has 0 saturated carbocycles. The van der Waals surface area contributed by atoms with Gasteiger partial charge < -0.3 is 15.0 Å². The summed E-state index contributed by atoms with van der Waals surface area (Å²) < 4.78 is 0. The summed E-state index contributed by atoms with van der Waals surface area (Å²) in [5.41, 5.74) is 4.17. The highest BCUT2D eigenvalue weighted by Crippen LogP contribution is 2.32. The Kier molecular flexibility index (Phi) is 7.01. The Hall–Kier alpha value is -4.08. The first-order chi connectivity index (χ1) is 17.5. The maximum atomic E-state index is 10.8. The molecule has 1 N–H and O–H groups in total. The van der Waals surface area contributed by atoms with E-state index in [2.05, 4.69) is 49.5 Å². The van der Waals surface area contributed by atoms with Crippen molar-refractivity contribution in [2.45, 2.75) is 19.1 Å². The van der Waals surface area contributed by atoms with Gasteiger partial charge in [0, 0.05) is 38.3 Å². The zero-order valence-electron chi connectivity index (χ0n) is 19.8. The molecule has 1 aliphatic rings. The Morgan fingerprint density at radius 2 is 1.67 bits per heavy atom. The number of carboxylic acids is 1. The van der Waals surface area contributed by atoms with Gasteiger partial charge in [-0.3, -0.25) is 9.80 Å². The fraction of sp³-hybridized carbons (Fsp3) is 0.259. The Labute approximate surface area is 209 Å².